The number of phenols is 1. The molecular weight excluding hydrogens is 272 g/mol. The van der Waals surface area contributed by atoms with E-state index in [1.54, 1.807) is 6.07 Å². The molecule has 0 saturated heterocycles. The van der Waals surface area contributed by atoms with Crippen LogP contribution in [0.1, 0.15) is 28.8 Å². The Morgan fingerprint density at radius 1 is 0.864 bits per heavy atom. The molecule has 3 aromatic rings. The van der Waals surface area contributed by atoms with Gasteiger partial charge in [-0.1, -0.05) is 42.5 Å². The summed E-state index contributed by atoms with van der Waals surface area (Å²) in [5.41, 5.74) is 3.83. The molecule has 0 fully saturated rings. The Hall–Kier alpha value is -2.61. The molecule has 0 unspecified atom stereocenters. The Morgan fingerprint density at radius 3 is 2.50 bits per heavy atom. The number of hydrogen-bond acceptors (Lipinski definition) is 2. The van der Waals surface area contributed by atoms with Gasteiger partial charge in [0.15, 0.2) is 5.78 Å². The second-order valence-corrected chi connectivity index (χ2v) is 5.83. The van der Waals surface area contributed by atoms with Crippen LogP contribution in [0.2, 0.25) is 0 Å². The molecule has 22 heavy (non-hydrogen) atoms. The van der Waals surface area contributed by atoms with Crippen molar-refractivity contribution in [3.63, 3.8) is 0 Å². The lowest BCUT2D eigenvalue weighted by atomic mass is 9.85. The second kappa shape index (κ2) is 4.99. The minimum atomic E-state index is 0.0609. The molecule has 3 aromatic carbocycles. The molecular formula is C20H16O2. The van der Waals surface area contributed by atoms with Crippen molar-refractivity contribution in [3.05, 3.63) is 65.7 Å². The van der Waals surface area contributed by atoms with Crippen LogP contribution in [0.3, 0.4) is 0 Å². The average molecular weight is 288 g/mol. The fourth-order valence-electron chi connectivity index (χ4n) is 3.38. The van der Waals surface area contributed by atoms with Crippen LogP contribution in [0.5, 0.6) is 5.75 Å². The first-order chi connectivity index (χ1) is 10.7. The predicted octanol–water partition coefficient (Wildman–Crippen LogP) is 4.73. The largest absolute Gasteiger partial charge is 0.507 e. The lowest BCUT2D eigenvalue weighted by Gasteiger charge is -2.19. The highest BCUT2D eigenvalue weighted by atomic mass is 16.3. The van der Waals surface area contributed by atoms with E-state index in [0.29, 0.717) is 12.0 Å². The summed E-state index contributed by atoms with van der Waals surface area (Å²) < 4.78 is 0. The number of hydrogen-bond donors (Lipinski definition) is 1. The van der Waals surface area contributed by atoms with Gasteiger partial charge >= 0.3 is 0 Å². The third-order valence-corrected chi connectivity index (χ3v) is 4.45. The maximum atomic E-state index is 12.1. The fraction of sp³-hybridized carbons (Fsp3) is 0.150. The zero-order valence-electron chi connectivity index (χ0n) is 12.2. The number of benzene rings is 3. The van der Waals surface area contributed by atoms with Gasteiger partial charge in [0.2, 0.25) is 0 Å². The topological polar surface area (TPSA) is 37.3 Å². The molecule has 0 bridgehead atoms. The fourth-order valence-corrected chi connectivity index (χ4v) is 3.38. The molecule has 4 rings (SSSR count). The summed E-state index contributed by atoms with van der Waals surface area (Å²) in [6, 6.07) is 18.2. The van der Waals surface area contributed by atoms with Crippen molar-refractivity contribution in [3.8, 4) is 16.9 Å². The van der Waals surface area contributed by atoms with Gasteiger partial charge in [0.25, 0.3) is 0 Å². The van der Waals surface area contributed by atoms with Crippen molar-refractivity contribution in [1.82, 2.24) is 0 Å². The van der Waals surface area contributed by atoms with Gasteiger partial charge in [-0.05, 0) is 52.4 Å². The Labute approximate surface area is 129 Å². The number of carbonyl (C=O) groups is 1. The van der Waals surface area contributed by atoms with Crippen LogP contribution in [-0.2, 0) is 6.42 Å². The third-order valence-electron chi connectivity index (χ3n) is 4.45. The minimum Gasteiger partial charge on any atom is -0.507 e. The summed E-state index contributed by atoms with van der Waals surface area (Å²) >= 11 is 0. The molecule has 0 aromatic heterocycles. The first-order valence-electron chi connectivity index (χ1n) is 7.61. The molecule has 0 amide bonds. The van der Waals surface area contributed by atoms with Gasteiger partial charge in [-0.15, -0.1) is 0 Å². The van der Waals surface area contributed by atoms with Crippen LogP contribution in [0.15, 0.2) is 54.6 Å². The predicted molar refractivity (Wildman–Crippen MR) is 88.3 cm³/mol. The first-order valence-corrected chi connectivity index (χ1v) is 7.61. The summed E-state index contributed by atoms with van der Waals surface area (Å²) in [5.74, 6) is 0.186. The van der Waals surface area contributed by atoms with Gasteiger partial charge in [0, 0.05) is 6.42 Å². The van der Waals surface area contributed by atoms with Gasteiger partial charge in [-0.2, -0.15) is 0 Å². The van der Waals surface area contributed by atoms with Gasteiger partial charge < -0.3 is 5.11 Å². The molecule has 0 radical (unpaired) electrons. The van der Waals surface area contributed by atoms with E-state index in [4.69, 9.17) is 0 Å². The quantitative estimate of drug-likeness (QED) is 0.702. The van der Waals surface area contributed by atoms with Crippen molar-refractivity contribution >= 4 is 16.6 Å². The normalized spacial score (nSPS) is 14.1. The maximum Gasteiger partial charge on any atom is 0.166 e. The molecule has 0 saturated carbocycles. The van der Waals surface area contributed by atoms with Gasteiger partial charge in [-0.3, -0.25) is 4.79 Å². The molecule has 0 heterocycles. The second-order valence-electron chi connectivity index (χ2n) is 5.83. The number of aryl methyl sites for hydroxylation is 1. The first kappa shape index (κ1) is 13.1. The minimum absolute atomic E-state index is 0.0609. The molecule has 0 spiro atoms. The Kier molecular flexibility index (Phi) is 2.97. The number of ketones is 1. The summed E-state index contributed by atoms with van der Waals surface area (Å²) in [6.07, 6.45) is 2.24. The van der Waals surface area contributed by atoms with Crippen molar-refractivity contribution < 1.29 is 9.90 Å². The Bertz CT molecular complexity index is 879. The molecule has 1 aliphatic rings. The van der Waals surface area contributed by atoms with E-state index in [-0.39, 0.29) is 11.5 Å². The van der Waals surface area contributed by atoms with E-state index >= 15 is 0 Å². The number of aromatic hydroxyl groups is 1. The lowest BCUT2D eigenvalue weighted by molar-refractivity contribution is 0.0970. The van der Waals surface area contributed by atoms with E-state index in [2.05, 4.69) is 24.3 Å². The number of rotatable bonds is 1. The number of Topliss-reactive ketones (excluding diaryl/α,β-unsaturated/α-hetero) is 1. The van der Waals surface area contributed by atoms with Crippen molar-refractivity contribution in [2.24, 2.45) is 0 Å². The number of fused-ring (bicyclic) bond motifs is 3. The Balaban J connectivity index is 2.00. The van der Waals surface area contributed by atoms with E-state index in [1.165, 1.54) is 0 Å². The zero-order chi connectivity index (χ0) is 15.1. The van der Waals surface area contributed by atoms with Crippen LogP contribution >= 0.6 is 0 Å². The smallest absolute Gasteiger partial charge is 0.166 e. The molecule has 1 N–H and O–H groups in total. The third kappa shape index (κ3) is 2.00. The van der Waals surface area contributed by atoms with Crippen LogP contribution in [0.25, 0.3) is 21.9 Å². The van der Waals surface area contributed by atoms with E-state index in [9.17, 15) is 9.90 Å². The van der Waals surface area contributed by atoms with Crippen molar-refractivity contribution in [1.29, 1.82) is 0 Å². The van der Waals surface area contributed by atoms with Crippen LogP contribution in [0, 0.1) is 0 Å². The standard InChI is InChI=1S/C20H16O2/c21-18-8-4-7-16-17-11-14(13-5-2-1-3-6-13)9-10-15(17)12-19(22)20(16)18/h1-3,5-6,9-12,22H,4,7-8H2. The van der Waals surface area contributed by atoms with E-state index < -0.39 is 0 Å². The SMILES string of the molecule is O=C1CCCc2c1c(O)cc1ccc(-c3ccccc3)cc21. The highest BCUT2D eigenvalue weighted by molar-refractivity contribution is 6.07. The summed E-state index contributed by atoms with van der Waals surface area (Å²) in [5, 5.41) is 12.3. The van der Waals surface area contributed by atoms with Gasteiger partial charge in [0.05, 0.1) is 5.56 Å². The summed E-state index contributed by atoms with van der Waals surface area (Å²) in [6.45, 7) is 0. The number of phenolic OH excluding ortho intramolecular Hbond substituents is 1. The maximum absolute atomic E-state index is 12.1. The highest BCUT2D eigenvalue weighted by Crippen LogP contribution is 2.37. The molecule has 0 aliphatic heterocycles. The van der Waals surface area contributed by atoms with Gasteiger partial charge in [-0.25, -0.2) is 0 Å². The van der Waals surface area contributed by atoms with Crippen LogP contribution < -0.4 is 0 Å². The summed E-state index contributed by atoms with van der Waals surface area (Å²) in [7, 11) is 0. The van der Waals surface area contributed by atoms with Crippen LogP contribution in [0.4, 0.5) is 0 Å². The van der Waals surface area contributed by atoms with E-state index in [1.807, 2.05) is 24.3 Å². The van der Waals surface area contributed by atoms with E-state index in [0.717, 1.165) is 40.3 Å². The lowest BCUT2D eigenvalue weighted by Crippen LogP contribution is -2.11. The Morgan fingerprint density at radius 2 is 1.68 bits per heavy atom. The zero-order valence-corrected chi connectivity index (χ0v) is 12.2. The molecule has 2 nitrogen and oxygen atoms in total. The highest BCUT2D eigenvalue weighted by Gasteiger charge is 2.23. The molecule has 1 aliphatic carbocycles. The van der Waals surface area contributed by atoms with Gasteiger partial charge in [0.1, 0.15) is 5.75 Å². The van der Waals surface area contributed by atoms with Crippen molar-refractivity contribution in [2.75, 3.05) is 0 Å². The molecule has 0 atom stereocenters. The monoisotopic (exact) mass is 288 g/mol. The van der Waals surface area contributed by atoms with Crippen LogP contribution in [-0.4, -0.2) is 10.9 Å². The molecule has 108 valence electrons. The average Bonchev–Trinajstić information content (AvgIpc) is 2.55. The molecule has 2 heteroatoms. The summed E-state index contributed by atoms with van der Waals surface area (Å²) in [4.78, 5) is 12.1. The number of carbonyl (C=O) groups excluding carboxylic acids is 1. The van der Waals surface area contributed by atoms with Crippen molar-refractivity contribution in [2.45, 2.75) is 19.3 Å².